The summed E-state index contributed by atoms with van der Waals surface area (Å²) < 4.78 is 28.2. The summed E-state index contributed by atoms with van der Waals surface area (Å²) in [6.45, 7) is 1.66. The third-order valence-corrected chi connectivity index (χ3v) is 5.27. The molecule has 0 aromatic carbocycles. The molecule has 2 N–H and O–H groups in total. The fraction of sp³-hybridized carbons (Fsp3) is 0.300. The lowest BCUT2D eigenvalue weighted by molar-refractivity contribution is 0.282. The van der Waals surface area contributed by atoms with Crippen molar-refractivity contribution in [2.45, 2.75) is 17.7 Å². The Hall–Kier alpha value is -1.38. The van der Waals surface area contributed by atoms with E-state index in [1.54, 1.807) is 23.2 Å². The second kappa shape index (κ2) is 4.71. The Morgan fingerprint density at radius 2 is 2.22 bits per heavy atom. The average Bonchev–Trinajstić information content (AvgIpc) is 2.86. The van der Waals surface area contributed by atoms with Gasteiger partial charge in [0.2, 0.25) is 0 Å². The van der Waals surface area contributed by atoms with Crippen LogP contribution in [-0.4, -0.2) is 23.3 Å². The Morgan fingerprint density at radius 1 is 1.50 bits per heavy atom. The molecule has 0 saturated heterocycles. The van der Waals surface area contributed by atoms with Gasteiger partial charge in [-0.15, -0.1) is 11.3 Å². The van der Waals surface area contributed by atoms with Crippen LogP contribution in [0.1, 0.15) is 11.3 Å². The number of anilines is 1. The summed E-state index contributed by atoms with van der Waals surface area (Å²) >= 11 is 1.07. The number of nitrogens with one attached hydrogen (secondary N) is 1. The lowest BCUT2D eigenvalue weighted by atomic mass is 10.4. The van der Waals surface area contributed by atoms with Gasteiger partial charge in [0.25, 0.3) is 10.0 Å². The molecular formula is C10H13N3O3S2. The van der Waals surface area contributed by atoms with Gasteiger partial charge >= 0.3 is 0 Å². The third-order valence-electron chi connectivity index (χ3n) is 2.43. The zero-order valence-electron chi connectivity index (χ0n) is 9.91. The Morgan fingerprint density at radius 3 is 2.72 bits per heavy atom. The fourth-order valence-electron chi connectivity index (χ4n) is 1.38. The number of nitrogens with zero attached hydrogens (tertiary/aromatic N) is 2. The molecule has 0 amide bonds. The van der Waals surface area contributed by atoms with E-state index in [1.165, 1.54) is 6.07 Å². The molecule has 0 atom stereocenters. The van der Waals surface area contributed by atoms with Crippen LogP contribution in [0.15, 0.2) is 21.7 Å². The Bertz CT molecular complexity index is 638. The van der Waals surface area contributed by atoms with Crippen molar-refractivity contribution in [3.05, 3.63) is 28.8 Å². The molecule has 0 spiro atoms. The maximum absolute atomic E-state index is 12.0. The smallest absolute Gasteiger partial charge is 0.272 e. The van der Waals surface area contributed by atoms with Gasteiger partial charge in [-0.2, -0.15) is 5.10 Å². The van der Waals surface area contributed by atoms with Gasteiger partial charge in [0.15, 0.2) is 5.82 Å². The van der Waals surface area contributed by atoms with E-state index in [4.69, 9.17) is 5.11 Å². The summed E-state index contributed by atoms with van der Waals surface area (Å²) in [4.78, 5) is 0. The molecule has 18 heavy (non-hydrogen) atoms. The molecule has 2 aromatic rings. The summed E-state index contributed by atoms with van der Waals surface area (Å²) in [6, 6.07) is 3.10. The van der Waals surface area contributed by atoms with Crippen LogP contribution in [0.4, 0.5) is 5.82 Å². The molecule has 0 saturated carbocycles. The Balaban J connectivity index is 2.26. The molecule has 2 aromatic heterocycles. The van der Waals surface area contributed by atoms with Crippen molar-refractivity contribution >= 4 is 27.2 Å². The number of aryl methyl sites for hydroxylation is 2. The van der Waals surface area contributed by atoms with Crippen LogP contribution in [0.3, 0.4) is 0 Å². The molecule has 0 aliphatic rings. The fourth-order valence-corrected chi connectivity index (χ4v) is 3.56. The monoisotopic (exact) mass is 287 g/mol. The van der Waals surface area contributed by atoms with E-state index < -0.39 is 10.0 Å². The summed E-state index contributed by atoms with van der Waals surface area (Å²) in [5.74, 6) is 0.286. The van der Waals surface area contributed by atoms with Crippen molar-refractivity contribution in [3.8, 4) is 0 Å². The first-order valence-corrected chi connectivity index (χ1v) is 7.50. The van der Waals surface area contributed by atoms with E-state index in [0.717, 1.165) is 17.0 Å². The average molecular weight is 287 g/mol. The molecule has 0 bridgehead atoms. The SMILES string of the molecule is Cc1cc(NS(=O)(=O)c2cc(CO)cs2)nn1C. The highest BCUT2D eigenvalue weighted by atomic mass is 32.2. The quantitative estimate of drug-likeness (QED) is 0.881. The zero-order chi connectivity index (χ0) is 13.3. The van der Waals surface area contributed by atoms with Gasteiger partial charge < -0.3 is 5.11 Å². The van der Waals surface area contributed by atoms with Crippen LogP contribution in [0.25, 0.3) is 0 Å². The summed E-state index contributed by atoms with van der Waals surface area (Å²) in [5.41, 5.74) is 1.44. The largest absolute Gasteiger partial charge is 0.392 e. The second-order valence-corrected chi connectivity index (χ2v) is 6.65. The lowest BCUT2D eigenvalue weighted by Crippen LogP contribution is -2.12. The van der Waals surface area contributed by atoms with Crippen molar-refractivity contribution in [1.82, 2.24) is 9.78 Å². The first-order chi connectivity index (χ1) is 8.42. The van der Waals surface area contributed by atoms with Crippen molar-refractivity contribution < 1.29 is 13.5 Å². The van der Waals surface area contributed by atoms with E-state index in [1.807, 2.05) is 6.92 Å². The molecule has 0 unspecified atom stereocenters. The number of aliphatic hydroxyl groups excluding tert-OH is 1. The van der Waals surface area contributed by atoms with Gasteiger partial charge in [0, 0.05) is 18.8 Å². The first-order valence-electron chi connectivity index (χ1n) is 5.14. The standard InChI is InChI=1S/C10H13N3O3S2/c1-7-3-9(11-13(7)2)12-18(15,16)10-4-8(5-14)6-17-10/h3-4,6,14H,5H2,1-2H3,(H,11,12). The van der Waals surface area contributed by atoms with Gasteiger partial charge in [-0.25, -0.2) is 8.42 Å². The number of rotatable bonds is 4. The van der Waals surface area contributed by atoms with Crippen molar-refractivity contribution in [2.24, 2.45) is 7.05 Å². The van der Waals surface area contributed by atoms with Crippen LogP contribution in [0, 0.1) is 6.92 Å². The number of thiophene rings is 1. The minimum Gasteiger partial charge on any atom is -0.392 e. The molecule has 0 fully saturated rings. The molecule has 6 nitrogen and oxygen atoms in total. The van der Waals surface area contributed by atoms with E-state index in [0.29, 0.717) is 5.56 Å². The van der Waals surface area contributed by atoms with Crippen molar-refractivity contribution in [2.75, 3.05) is 4.72 Å². The van der Waals surface area contributed by atoms with E-state index in [9.17, 15) is 8.42 Å². The summed E-state index contributed by atoms with van der Waals surface area (Å²) in [7, 11) is -1.89. The van der Waals surface area contributed by atoms with Gasteiger partial charge in [-0.3, -0.25) is 9.40 Å². The Labute approximate surface area is 109 Å². The predicted octanol–water partition coefficient (Wildman–Crippen LogP) is 1.08. The van der Waals surface area contributed by atoms with Crippen LogP contribution < -0.4 is 4.72 Å². The number of aromatic nitrogens is 2. The highest BCUT2D eigenvalue weighted by Gasteiger charge is 2.18. The van der Waals surface area contributed by atoms with Crippen molar-refractivity contribution in [1.29, 1.82) is 0 Å². The number of sulfonamides is 1. The van der Waals surface area contributed by atoms with E-state index in [-0.39, 0.29) is 16.6 Å². The molecule has 0 radical (unpaired) electrons. The molecule has 0 aliphatic heterocycles. The molecular weight excluding hydrogens is 274 g/mol. The summed E-state index contributed by atoms with van der Waals surface area (Å²) in [5, 5.41) is 14.6. The Kier molecular flexibility index (Phi) is 3.42. The second-order valence-electron chi connectivity index (χ2n) is 3.83. The summed E-state index contributed by atoms with van der Waals surface area (Å²) in [6.07, 6.45) is 0. The maximum atomic E-state index is 12.0. The third kappa shape index (κ3) is 2.55. The first kappa shape index (κ1) is 13.1. The molecule has 2 heterocycles. The van der Waals surface area contributed by atoms with Gasteiger partial charge in [-0.05, 0) is 23.9 Å². The topological polar surface area (TPSA) is 84.2 Å². The minimum atomic E-state index is -3.62. The van der Waals surface area contributed by atoms with Crippen molar-refractivity contribution in [3.63, 3.8) is 0 Å². The minimum absolute atomic E-state index is 0.162. The lowest BCUT2D eigenvalue weighted by Gasteiger charge is -2.01. The van der Waals surface area contributed by atoms with Crippen LogP contribution in [-0.2, 0) is 23.7 Å². The van der Waals surface area contributed by atoms with E-state index in [2.05, 4.69) is 9.82 Å². The number of hydrogen-bond donors (Lipinski definition) is 2. The molecule has 2 rings (SSSR count). The van der Waals surface area contributed by atoms with Gasteiger partial charge in [0.1, 0.15) is 4.21 Å². The molecule has 8 heteroatoms. The van der Waals surface area contributed by atoms with Gasteiger partial charge in [0.05, 0.1) is 6.61 Å². The molecule has 98 valence electrons. The predicted molar refractivity (Wildman–Crippen MR) is 69.0 cm³/mol. The van der Waals surface area contributed by atoms with Crippen LogP contribution in [0.5, 0.6) is 0 Å². The number of aliphatic hydroxyl groups is 1. The maximum Gasteiger partial charge on any atom is 0.272 e. The highest BCUT2D eigenvalue weighted by molar-refractivity contribution is 7.94. The highest BCUT2D eigenvalue weighted by Crippen LogP contribution is 2.22. The van der Waals surface area contributed by atoms with E-state index >= 15 is 0 Å². The molecule has 0 aliphatic carbocycles. The zero-order valence-corrected chi connectivity index (χ0v) is 11.5. The normalized spacial score (nSPS) is 11.7. The van der Waals surface area contributed by atoms with Crippen LogP contribution in [0.2, 0.25) is 0 Å². The van der Waals surface area contributed by atoms with Crippen LogP contribution >= 0.6 is 11.3 Å². The number of hydrogen-bond acceptors (Lipinski definition) is 5. The van der Waals surface area contributed by atoms with Gasteiger partial charge in [-0.1, -0.05) is 0 Å².